The van der Waals surface area contributed by atoms with Gasteiger partial charge in [0, 0.05) is 24.7 Å². The van der Waals surface area contributed by atoms with E-state index in [1.54, 1.807) is 0 Å². The Morgan fingerprint density at radius 2 is 2.12 bits per heavy atom. The highest BCUT2D eigenvalue weighted by molar-refractivity contribution is 5.89. The Kier molecular flexibility index (Phi) is 5.50. The number of nitrogens with zero attached hydrogens (tertiary/aromatic N) is 3. The summed E-state index contributed by atoms with van der Waals surface area (Å²) in [6.07, 6.45) is 11.2. The third-order valence-electron chi connectivity index (χ3n) is 3.96. The molecule has 0 amide bonds. The van der Waals surface area contributed by atoms with Gasteiger partial charge in [-0.2, -0.15) is 4.98 Å². The lowest BCUT2D eigenvalue weighted by Gasteiger charge is -2.27. The number of hydrogen-bond donors (Lipinski definition) is 1. The van der Waals surface area contributed by atoms with E-state index in [1.807, 2.05) is 37.3 Å². The van der Waals surface area contributed by atoms with E-state index in [0.717, 1.165) is 42.2 Å². The average Bonchev–Trinajstić information content (AvgIpc) is 3.05. The molecule has 2 N–H and O–H groups in total. The number of hydrogen-bond acceptors (Lipinski definition) is 6. The van der Waals surface area contributed by atoms with Crippen molar-refractivity contribution < 1.29 is 9.15 Å². The Labute approximate surface area is 147 Å². The van der Waals surface area contributed by atoms with E-state index in [2.05, 4.69) is 27.9 Å². The lowest BCUT2D eigenvalue weighted by atomic mass is 10.1. The maximum absolute atomic E-state index is 6.14. The summed E-state index contributed by atoms with van der Waals surface area (Å²) in [6.45, 7) is 6.95. The number of ether oxygens (including phenoxy) is 1. The van der Waals surface area contributed by atoms with Crippen LogP contribution < -0.4 is 10.6 Å². The maximum Gasteiger partial charge on any atom is 0.222 e. The van der Waals surface area contributed by atoms with E-state index < -0.39 is 0 Å². The molecule has 1 aliphatic rings. The minimum Gasteiger partial charge on any atom is -0.450 e. The van der Waals surface area contributed by atoms with Gasteiger partial charge in [-0.3, -0.25) is 0 Å². The highest BCUT2D eigenvalue weighted by Gasteiger charge is 2.20. The van der Waals surface area contributed by atoms with Crippen LogP contribution in [0.25, 0.3) is 16.7 Å². The number of allylic oxidation sites excluding steroid dienone is 6. The molecule has 0 unspecified atom stereocenters. The van der Waals surface area contributed by atoms with Gasteiger partial charge in [0.25, 0.3) is 0 Å². The zero-order chi connectivity index (χ0) is 17.6. The second kappa shape index (κ2) is 7.98. The lowest BCUT2D eigenvalue weighted by molar-refractivity contribution is 0.122. The van der Waals surface area contributed by atoms with E-state index in [0.29, 0.717) is 18.8 Å². The Morgan fingerprint density at radius 3 is 2.84 bits per heavy atom. The normalized spacial score (nSPS) is 16.6. The molecule has 25 heavy (non-hydrogen) atoms. The van der Waals surface area contributed by atoms with Crippen molar-refractivity contribution in [1.29, 1.82) is 0 Å². The van der Waals surface area contributed by atoms with Crippen molar-refractivity contribution in [2.24, 2.45) is 0 Å². The Balaban J connectivity index is 2.06. The van der Waals surface area contributed by atoms with Gasteiger partial charge < -0.3 is 19.8 Å². The van der Waals surface area contributed by atoms with Crippen LogP contribution in [-0.2, 0) is 4.74 Å². The van der Waals surface area contributed by atoms with Crippen molar-refractivity contribution in [2.75, 3.05) is 36.9 Å². The first-order valence-corrected chi connectivity index (χ1v) is 8.62. The molecule has 1 aliphatic heterocycles. The smallest absolute Gasteiger partial charge is 0.222 e. The quantitative estimate of drug-likeness (QED) is 0.839. The molecule has 3 rings (SSSR count). The van der Waals surface area contributed by atoms with Gasteiger partial charge in [-0.1, -0.05) is 37.3 Å². The summed E-state index contributed by atoms with van der Waals surface area (Å²) in [5.41, 5.74) is 8.28. The Morgan fingerprint density at radius 1 is 1.32 bits per heavy atom. The van der Waals surface area contributed by atoms with Crippen LogP contribution in [0.4, 0.5) is 11.8 Å². The fourth-order valence-electron chi connectivity index (χ4n) is 2.77. The van der Waals surface area contributed by atoms with E-state index in [9.17, 15) is 0 Å². The van der Waals surface area contributed by atoms with E-state index >= 15 is 0 Å². The van der Waals surface area contributed by atoms with Crippen molar-refractivity contribution in [3.05, 3.63) is 42.2 Å². The van der Waals surface area contributed by atoms with Gasteiger partial charge in [-0.25, -0.2) is 4.98 Å². The number of nitrogen functional groups attached to an aromatic ring is 1. The first kappa shape index (κ1) is 17.2. The van der Waals surface area contributed by atoms with Gasteiger partial charge in [-0.15, -0.1) is 0 Å². The summed E-state index contributed by atoms with van der Waals surface area (Å²) in [6, 6.07) is 1.92. The number of anilines is 2. The monoisotopic (exact) mass is 340 g/mol. The number of rotatable bonds is 5. The minimum absolute atomic E-state index is 0.254. The second-order valence-corrected chi connectivity index (χ2v) is 5.79. The van der Waals surface area contributed by atoms with Crippen molar-refractivity contribution in [2.45, 2.75) is 20.3 Å². The van der Waals surface area contributed by atoms with Gasteiger partial charge in [0.15, 0.2) is 11.4 Å². The van der Waals surface area contributed by atoms with Gasteiger partial charge in [0.2, 0.25) is 5.95 Å². The van der Waals surface area contributed by atoms with Crippen LogP contribution in [0.1, 0.15) is 26.0 Å². The molecule has 1 fully saturated rings. The largest absolute Gasteiger partial charge is 0.450 e. The molecule has 0 bridgehead atoms. The maximum atomic E-state index is 6.14. The molecule has 0 aliphatic carbocycles. The first-order chi connectivity index (χ1) is 12.2. The molecular weight excluding hydrogens is 316 g/mol. The molecule has 6 heteroatoms. The summed E-state index contributed by atoms with van der Waals surface area (Å²) in [4.78, 5) is 10.9. The lowest BCUT2D eigenvalue weighted by Crippen LogP contribution is -2.37. The van der Waals surface area contributed by atoms with Gasteiger partial charge in [0.1, 0.15) is 11.3 Å². The van der Waals surface area contributed by atoms with Crippen LogP contribution in [0.15, 0.2) is 40.9 Å². The van der Waals surface area contributed by atoms with Crippen LogP contribution in [0, 0.1) is 0 Å². The van der Waals surface area contributed by atoms with Crippen molar-refractivity contribution in [3.63, 3.8) is 0 Å². The fraction of sp³-hybridized carbons (Fsp3) is 0.368. The highest BCUT2D eigenvalue weighted by Crippen LogP contribution is 2.31. The number of aromatic nitrogens is 2. The predicted octanol–water partition coefficient (Wildman–Crippen LogP) is 3.57. The predicted molar refractivity (Wildman–Crippen MR) is 101 cm³/mol. The van der Waals surface area contributed by atoms with E-state index in [1.165, 1.54) is 0 Å². The van der Waals surface area contributed by atoms with E-state index in [4.69, 9.17) is 14.9 Å². The molecule has 2 aromatic heterocycles. The van der Waals surface area contributed by atoms with Crippen LogP contribution >= 0.6 is 0 Å². The van der Waals surface area contributed by atoms with Crippen molar-refractivity contribution in [3.8, 4) is 0 Å². The van der Waals surface area contributed by atoms with Crippen molar-refractivity contribution >= 4 is 28.4 Å². The molecule has 0 radical (unpaired) electrons. The zero-order valence-corrected chi connectivity index (χ0v) is 14.7. The molecule has 0 spiro atoms. The number of morpholine rings is 1. The highest BCUT2D eigenvalue weighted by atomic mass is 16.5. The second-order valence-electron chi connectivity index (χ2n) is 5.79. The van der Waals surface area contributed by atoms with Crippen LogP contribution in [-0.4, -0.2) is 36.3 Å². The van der Waals surface area contributed by atoms with Crippen LogP contribution in [0.3, 0.4) is 0 Å². The third-order valence-corrected chi connectivity index (χ3v) is 3.96. The van der Waals surface area contributed by atoms with Crippen LogP contribution in [0.2, 0.25) is 0 Å². The zero-order valence-electron chi connectivity index (χ0n) is 14.7. The third kappa shape index (κ3) is 3.91. The topological polar surface area (TPSA) is 77.4 Å². The summed E-state index contributed by atoms with van der Waals surface area (Å²) >= 11 is 0. The summed E-state index contributed by atoms with van der Waals surface area (Å²) in [7, 11) is 0. The molecular formula is C19H24N4O2. The molecule has 1 saturated heterocycles. The summed E-state index contributed by atoms with van der Waals surface area (Å²) in [5.74, 6) is 1.74. The Hall–Kier alpha value is -2.60. The van der Waals surface area contributed by atoms with Gasteiger partial charge in [-0.05, 0) is 13.3 Å². The first-order valence-electron chi connectivity index (χ1n) is 8.62. The molecule has 0 saturated carbocycles. The molecule has 0 atom stereocenters. The number of nitrogens with two attached hydrogens (primary N) is 1. The molecule has 2 aromatic rings. The summed E-state index contributed by atoms with van der Waals surface area (Å²) < 4.78 is 11.6. The fourth-order valence-corrected chi connectivity index (χ4v) is 2.77. The molecule has 0 aromatic carbocycles. The van der Waals surface area contributed by atoms with Gasteiger partial charge in [0.05, 0.1) is 13.2 Å². The Bertz CT molecular complexity index is 814. The minimum atomic E-state index is 0.254. The van der Waals surface area contributed by atoms with Gasteiger partial charge >= 0.3 is 0 Å². The average molecular weight is 340 g/mol. The molecule has 6 nitrogen and oxygen atoms in total. The molecule has 3 heterocycles. The molecule has 132 valence electrons. The number of fused-ring (bicyclic) bond motifs is 1. The van der Waals surface area contributed by atoms with E-state index in [-0.39, 0.29) is 5.95 Å². The summed E-state index contributed by atoms with van der Waals surface area (Å²) in [5, 5.41) is 0. The SMILES string of the molecule is C\C=C/C(=C\C=C\CC)c1cc2nc(N)nc(N3CCOCC3)c2o1. The van der Waals surface area contributed by atoms with Crippen LogP contribution in [0.5, 0.6) is 0 Å². The van der Waals surface area contributed by atoms with Crippen molar-refractivity contribution in [1.82, 2.24) is 9.97 Å². The number of furan rings is 1. The standard InChI is InChI=1S/C19H24N4O2/c1-3-5-6-8-14(7-4-2)16-13-15-17(25-16)18(22-19(20)21-15)23-9-11-24-12-10-23/h4-8,13H,3,9-12H2,1-2H3,(H2,20,21,22)/b6-5+,7-4-,14-8+.